The fraction of sp³-hybridized carbons (Fsp3) is 0.160. The Balaban J connectivity index is 1.64. The number of amides is 1. The summed E-state index contributed by atoms with van der Waals surface area (Å²) < 4.78 is 2.14. The molecule has 29 heavy (non-hydrogen) atoms. The number of nitrogens with one attached hydrogen (secondary N) is 1. The highest BCUT2D eigenvalue weighted by atomic mass is 35.5. The number of carbonyl (C=O) groups is 1. The molecule has 0 fully saturated rings. The number of hydrogen-bond donors (Lipinski definition) is 1. The molecule has 0 aliphatic rings. The molecule has 0 saturated carbocycles. The van der Waals surface area contributed by atoms with Crippen molar-refractivity contribution in [1.29, 1.82) is 0 Å². The molecule has 3 aromatic carbocycles. The number of para-hydroxylation sites is 1. The SMILES string of the molecule is Cn1cc(C(CC(=O)Nc2cccc(Cl)c2)Cc2ccccc2)c2ccccc21. The van der Waals surface area contributed by atoms with Crippen LogP contribution in [0.15, 0.2) is 85.1 Å². The van der Waals surface area contributed by atoms with E-state index < -0.39 is 0 Å². The number of nitrogens with zero attached hydrogens (tertiary/aromatic N) is 1. The Hall–Kier alpha value is -3.04. The minimum Gasteiger partial charge on any atom is -0.350 e. The van der Waals surface area contributed by atoms with Crippen LogP contribution in [0.3, 0.4) is 0 Å². The van der Waals surface area contributed by atoms with E-state index in [0.29, 0.717) is 11.4 Å². The standard InChI is InChI=1S/C25H23ClN2O/c1-28-17-23(22-12-5-6-13-24(22)28)19(14-18-8-3-2-4-9-18)15-25(29)27-21-11-7-10-20(26)16-21/h2-13,16-17,19H,14-15H2,1H3,(H,27,29). The topological polar surface area (TPSA) is 34.0 Å². The third-order valence-corrected chi connectivity index (χ3v) is 5.47. The zero-order chi connectivity index (χ0) is 20.2. The van der Waals surface area contributed by atoms with E-state index in [1.165, 1.54) is 22.0 Å². The van der Waals surface area contributed by atoms with Gasteiger partial charge >= 0.3 is 0 Å². The quantitative estimate of drug-likeness (QED) is 0.410. The third-order valence-electron chi connectivity index (χ3n) is 5.23. The van der Waals surface area contributed by atoms with E-state index >= 15 is 0 Å². The Labute approximate surface area is 175 Å². The maximum atomic E-state index is 12.9. The summed E-state index contributed by atoms with van der Waals surface area (Å²) >= 11 is 6.05. The average molecular weight is 403 g/mol. The molecule has 0 bridgehead atoms. The molecule has 1 N–H and O–H groups in total. The van der Waals surface area contributed by atoms with Crippen molar-refractivity contribution in [1.82, 2.24) is 4.57 Å². The number of carbonyl (C=O) groups excluding carboxylic acids is 1. The lowest BCUT2D eigenvalue weighted by atomic mass is 9.88. The predicted molar refractivity (Wildman–Crippen MR) is 121 cm³/mol. The second-order valence-corrected chi connectivity index (χ2v) is 7.80. The number of rotatable bonds is 6. The van der Waals surface area contributed by atoms with Gasteiger partial charge in [-0.1, -0.05) is 66.2 Å². The van der Waals surface area contributed by atoms with Crippen molar-refractivity contribution >= 4 is 34.1 Å². The van der Waals surface area contributed by atoms with Crippen molar-refractivity contribution in [2.24, 2.45) is 7.05 Å². The van der Waals surface area contributed by atoms with Gasteiger partial charge in [-0.25, -0.2) is 0 Å². The molecule has 146 valence electrons. The highest BCUT2D eigenvalue weighted by molar-refractivity contribution is 6.30. The van der Waals surface area contributed by atoms with Gasteiger partial charge in [-0.15, -0.1) is 0 Å². The van der Waals surface area contributed by atoms with Crippen LogP contribution in [0, 0.1) is 0 Å². The smallest absolute Gasteiger partial charge is 0.224 e. The number of hydrogen-bond acceptors (Lipinski definition) is 1. The van der Waals surface area contributed by atoms with Crippen molar-refractivity contribution in [2.45, 2.75) is 18.8 Å². The molecule has 0 saturated heterocycles. The molecule has 4 aromatic rings. The van der Waals surface area contributed by atoms with Gasteiger partial charge in [0.1, 0.15) is 0 Å². The van der Waals surface area contributed by atoms with Crippen molar-refractivity contribution < 1.29 is 4.79 Å². The zero-order valence-corrected chi connectivity index (χ0v) is 17.1. The summed E-state index contributed by atoms with van der Waals surface area (Å²) in [6.07, 6.45) is 3.36. The Morgan fingerprint density at radius 1 is 1.00 bits per heavy atom. The second kappa shape index (κ2) is 8.54. The molecule has 1 heterocycles. The molecule has 1 atom stereocenters. The lowest BCUT2D eigenvalue weighted by Gasteiger charge is -2.17. The Bertz CT molecular complexity index is 1130. The van der Waals surface area contributed by atoms with Crippen LogP contribution in [0.25, 0.3) is 10.9 Å². The summed E-state index contributed by atoms with van der Waals surface area (Å²) in [5.41, 5.74) is 4.32. The van der Waals surface area contributed by atoms with E-state index in [-0.39, 0.29) is 11.8 Å². The molecule has 4 rings (SSSR count). The second-order valence-electron chi connectivity index (χ2n) is 7.36. The first-order valence-corrected chi connectivity index (χ1v) is 10.1. The summed E-state index contributed by atoms with van der Waals surface area (Å²) in [7, 11) is 2.05. The minimum absolute atomic E-state index is 0.0128. The van der Waals surface area contributed by atoms with E-state index in [1.54, 1.807) is 12.1 Å². The van der Waals surface area contributed by atoms with Gasteiger partial charge in [0.15, 0.2) is 0 Å². The van der Waals surface area contributed by atoms with Crippen molar-refractivity contribution in [3.05, 3.63) is 101 Å². The molecule has 3 nitrogen and oxygen atoms in total. The molecule has 1 amide bonds. The van der Waals surface area contributed by atoms with Gasteiger partial charge in [-0.3, -0.25) is 4.79 Å². The number of aryl methyl sites for hydroxylation is 1. The van der Waals surface area contributed by atoms with Crippen LogP contribution >= 0.6 is 11.6 Å². The first-order chi connectivity index (χ1) is 14.1. The van der Waals surface area contributed by atoms with Crippen molar-refractivity contribution in [2.75, 3.05) is 5.32 Å². The normalized spacial score (nSPS) is 12.1. The molecule has 0 aliphatic heterocycles. The first kappa shape index (κ1) is 19.3. The van der Waals surface area contributed by atoms with E-state index in [9.17, 15) is 4.79 Å². The first-order valence-electron chi connectivity index (χ1n) is 9.73. The largest absolute Gasteiger partial charge is 0.350 e. The van der Waals surface area contributed by atoms with Gasteiger partial charge < -0.3 is 9.88 Å². The molecule has 1 aromatic heterocycles. The van der Waals surface area contributed by atoms with E-state index in [1.807, 2.05) is 36.4 Å². The van der Waals surface area contributed by atoms with E-state index in [0.717, 1.165) is 12.1 Å². The number of aromatic nitrogens is 1. The van der Waals surface area contributed by atoms with Crippen LogP contribution in [0.1, 0.15) is 23.5 Å². The van der Waals surface area contributed by atoms with Gasteiger partial charge in [0.25, 0.3) is 0 Å². The van der Waals surface area contributed by atoms with Crippen LogP contribution in [0.5, 0.6) is 0 Å². The lowest BCUT2D eigenvalue weighted by Crippen LogP contribution is -2.17. The molecule has 0 spiro atoms. The molecular formula is C25H23ClN2O. The number of anilines is 1. The van der Waals surface area contributed by atoms with Gasteiger partial charge in [-0.05, 0) is 47.7 Å². The third kappa shape index (κ3) is 4.52. The van der Waals surface area contributed by atoms with Gasteiger partial charge in [0.05, 0.1) is 0 Å². The number of halogens is 1. The van der Waals surface area contributed by atoms with Crippen LogP contribution < -0.4 is 5.32 Å². The molecule has 4 heteroatoms. The predicted octanol–water partition coefficient (Wildman–Crippen LogP) is 6.19. The highest BCUT2D eigenvalue weighted by Gasteiger charge is 2.21. The maximum Gasteiger partial charge on any atom is 0.224 e. The van der Waals surface area contributed by atoms with Gasteiger partial charge in [0.2, 0.25) is 5.91 Å². The van der Waals surface area contributed by atoms with Crippen LogP contribution in [0.2, 0.25) is 5.02 Å². The van der Waals surface area contributed by atoms with E-state index in [2.05, 4.69) is 53.5 Å². The van der Waals surface area contributed by atoms with Gasteiger partial charge in [0, 0.05) is 41.3 Å². The number of fused-ring (bicyclic) bond motifs is 1. The fourth-order valence-corrected chi connectivity index (χ4v) is 4.08. The molecule has 1 unspecified atom stereocenters. The summed E-state index contributed by atoms with van der Waals surface area (Å²) in [5, 5.41) is 4.80. The van der Waals surface area contributed by atoms with Crippen LogP contribution in [0.4, 0.5) is 5.69 Å². The number of benzene rings is 3. The summed E-state index contributed by atoms with van der Waals surface area (Å²) in [6, 6.07) is 25.9. The monoisotopic (exact) mass is 402 g/mol. The Morgan fingerprint density at radius 3 is 2.55 bits per heavy atom. The van der Waals surface area contributed by atoms with Crippen LogP contribution in [-0.4, -0.2) is 10.5 Å². The Kier molecular flexibility index (Phi) is 5.68. The summed E-state index contributed by atoms with van der Waals surface area (Å²) in [6.45, 7) is 0. The summed E-state index contributed by atoms with van der Waals surface area (Å²) in [4.78, 5) is 12.9. The van der Waals surface area contributed by atoms with Crippen molar-refractivity contribution in [3.63, 3.8) is 0 Å². The lowest BCUT2D eigenvalue weighted by molar-refractivity contribution is -0.116. The average Bonchev–Trinajstić information content (AvgIpc) is 3.05. The fourth-order valence-electron chi connectivity index (χ4n) is 3.89. The molecule has 0 radical (unpaired) electrons. The van der Waals surface area contributed by atoms with Crippen LogP contribution in [-0.2, 0) is 18.3 Å². The minimum atomic E-state index is -0.0128. The van der Waals surface area contributed by atoms with Gasteiger partial charge in [-0.2, -0.15) is 0 Å². The summed E-state index contributed by atoms with van der Waals surface area (Å²) in [5.74, 6) is 0.0591. The zero-order valence-electron chi connectivity index (χ0n) is 16.3. The van der Waals surface area contributed by atoms with E-state index in [4.69, 9.17) is 11.6 Å². The molecular weight excluding hydrogens is 380 g/mol. The molecule has 0 aliphatic carbocycles. The Morgan fingerprint density at radius 2 is 1.76 bits per heavy atom. The van der Waals surface area contributed by atoms with Crippen molar-refractivity contribution in [3.8, 4) is 0 Å². The maximum absolute atomic E-state index is 12.9. The highest BCUT2D eigenvalue weighted by Crippen LogP contribution is 2.32.